The molecule has 0 aliphatic heterocycles. The fourth-order valence-corrected chi connectivity index (χ4v) is 11.3. The highest BCUT2D eigenvalue weighted by atomic mass is 16.4. The van der Waals surface area contributed by atoms with Crippen molar-refractivity contribution in [3.8, 4) is 22.3 Å². The number of furan rings is 2. The van der Waals surface area contributed by atoms with Crippen LogP contribution in [-0.2, 0) is 0 Å². The lowest BCUT2D eigenvalue weighted by Gasteiger charge is -2.30. The normalized spacial score (nSPS) is 11.9. The summed E-state index contributed by atoms with van der Waals surface area (Å²) in [6, 6.07) is 81.4. The van der Waals surface area contributed by atoms with Crippen LogP contribution >= 0.6 is 0 Å². The highest BCUT2D eigenvalue weighted by Gasteiger charge is 2.25. The minimum atomic E-state index is 0.323. The van der Waals surface area contributed by atoms with Crippen molar-refractivity contribution in [1.29, 1.82) is 0 Å². The van der Waals surface area contributed by atoms with Crippen LogP contribution in [0.25, 0.3) is 87.7 Å². The molecule has 352 valence electrons. The number of hydrogen-bond donors (Lipinski definition) is 0. The lowest BCUT2D eigenvalue weighted by Crippen LogP contribution is -2.13. The molecule has 0 saturated carbocycles. The van der Waals surface area contributed by atoms with E-state index >= 15 is 0 Å². The van der Waals surface area contributed by atoms with E-state index in [0.717, 1.165) is 93.7 Å². The fraction of sp³-hybridized carbons (Fsp3) is 0.101. The van der Waals surface area contributed by atoms with Gasteiger partial charge >= 0.3 is 0 Å². The maximum absolute atomic E-state index is 6.99. The molecule has 0 aliphatic rings. The average Bonchev–Trinajstić information content (AvgIpc) is 3.98. The van der Waals surface area contributed by atoms with Gasteiger partial charge in [-0.1, -0.05) is 173 Å². The van der Waals surface area contributed by atoms with E-state index in [1.807, 2.05) is 0 Å². The predicted molar refractivity (Wildman–Crippen MR) is 309 cm³/mol. The Labute approximate surface area is 426 Å². The van der Waals surface area contributed by atoms with Crippen molar-refractivity contribution in [3.63, 3.8) is 0 Å². The highest BCUT2D eigenvalue weighted by molar-refractivity contribution is 6.22. The Hall–Kier alpha value is -8.86. The van der Waals surface area contributed by atoms with Gasteiger partial charge in [0.05, 0.1) is 11.4 Å². The first-order chi connectivity index (χ1) is 35.8. The zero-order chi connectivity index (χ0) is 49.3. The Morgan fingerprint density at radius 2 is 0.767 bits per heavy atom. The van der Waals surface area contributed by atoms with Crippen LogP contribution in [0.3, 0.4) is 0 Å². The topological polar surface area (TPSA) is 32.8 Å². The number of aryl methyl sites for hydroxylation is 1. The Morgan fingerprint density at radius 1 is 0.342 bits per heavy atom. The molecule has 73 heavy (non-hydrogen) atoms. The van der Waals surface area contributed by atoms with Gasteiger partial charge in [0, 0.05) is 55.4 Å². The average molecular weight is 943 g/mol. The molecular weight excluding hydrogens is 889 g/mol. The molecule has 0 atom stereocenters. The highest BCUT2D eigenvalue weighted by Crippen LogP contribution is 2.48. The van der Waals surface area contributed by atoms with Crippen LogP contribution < -0.4 is 9.80 Å². The molecule has 0 unspecified atom stereocenters. The Kier molecular flexibility index (Phi) is 10.7. The molecule has 13 aromatic rings. The summed E-state index contributed by atoms with van der Waals surface area (Å²) in [6.45, 7) is 11.3. The van der Waals surface area contributed by atoms with Crippen molar-refractivity contribution < 1.29 is 8.83 Å². The third-order valence-electron chi connectivity index (χ3n) is 14.8. The molecule has 0 N–H and O–H groups in total. The smallest absolute Gasteiger partial charge is 0.178 e. The first-order valence-corrected chi connectivity index (χ1v) is 25.5. The molecule has 0 amide bonds. The maximum atomic E-state index is 6.99. The van der Waals surface area contributed by atoms with Crippen LogP contribution in [0, 0.1) is 6.92 Å². The van der Waals surface area contributed by atoms with Gasteiger partial charge in [0.15, 0.2) is 11.2 Å². The molecule has 0 saturated heterocycles. The second-order valence-corrected chi connectivity index (χ2v) is 20.1. The lowest BCUT2D eigenvalue weighted by atomic mass is 9.96. The number of anilines is 6. The molecule has 0 aliphatic carbocycles. The standard InChI is InChI=1S/C69H54N2O2/c1-43(2)54-24-12-16-28-61(54)70(63-30-18-14-26-56(63)46-20-8-6-9-21-46)52-34-32-48-39-58-59-36-45(5)67-60-40-49-33-35-53(38-51(49)42-66(60)73-69(67)68(59)72-65(58)41-50(48)37-52)71(62-29-17-13-25-55(62)44(3)4)64-31-19-15-27-57(64)47-22-10-7-11-23-47/h6-44H,1-5H3. The zero-order valence-electron chi connectivity index (χ0n) is 41.7. The van der Waals surface area contributed by atoms with Gasteiger partial charge in [0.25, 0.3) is 0 Å². The van der Waals surface area contributed by atoms with Gasteiger partial charge in [-0.05, 0) is 147 Å². The molecule has 0 spiro atoms. The molecule has 0 bridgehead atoms. The van der Waals surface area contributed by atoms with Crippen molar-refractivity contribution in [2.75, 3.05) is 9.80 Å². The molecule has 4 nitrogen and oxygen atoms in total. The SMILES string of the molecule is Cc1cc2c3cc4ccc(N(c5ccccc5-c5ccccc5)c5ccccc5C(C)C)cc4cc3oc2c2oc3cc4cc(N(c5ccccc5-c5ccccc5)c5ccccc5C(C)C)ccc4cc3c12. The van der Waals surface area contributed by atoms with Gasteiger partial charge in [0.1, 0.15) is 11.2 Å². The van der Waals surface area contributed by atoms with E-state index < -0.39 is 0 Å². The minimum absolute atomic E-state index is 0.323. The second kappa shape index (κ2) is 17.8. The molecule has 13 rings (SSSR count). The summed E-state index contributed by atoms with van der Waals surface area (Å²) in [7, 11) is 0. The quantitative estimate of drug-likeness (QED) is 0.137. The van der Waals surface area contributed by atoms with Crippen LogP contribution in [0.5, 0.6) is 0 Å². The van der Waals surface area contributed by atoms with E-state index in [1.54, 1.807) is 0 Å². The van der Waals surface area contributed by atoms with Crippen LogP contribution in [0.4, 0.5) is 34.1 Å². The molecular formula is C69H54N2O2. The second-order valence-electron chi connectivity index (χ2n) is 20.1. The number of rotatable bonds is 10. The van der Waals surface area contributed by atoms with Gasteiger partial charge < -0.3 is 18.6 Å². The van der Waals surface area contributed by atoms with Gasteiger partial charge in [-0.3, -0.25) is 0 Å². The molecule has 4 heteroatoms. The first-order valence-electron chi connectivity index (χ1n) is 25.5. The van der Waals surface area contributed by atoms with Gasteiger partial charge in [-0.15, -0.1) is 0 Å². The third-order valence-corrected chi connectivity index (χ3v) is 14.8. The largest absolute Gasteiger partial charge is 0.452 e. The van der Waals surface area contributed by atoms with Gasteiger partial charge in [-0.25, -0.2) is 0 Å². The summed E-state index contributed by atoms with van der Waals surface area (Å²) < 4.78 is 14.0. The van der Waals surface area contributed by atoms with Crippen molar-refractivity contribution in [2.24, 2.45) is 0 Å². The summed E-state index contributed by atoms with van der Waals surface area (Å²) in [5.41, 5.74) is 18.4. The zero-order valence-corrected chi connectivity index (χ0v) is 41.7. The molecule has 0 fully saturated rings. The summed E-state index contributed by atoms with van der Waals surface area (Å²) in [5, 5.41) is 8.79. The molecule has 2 heterocycles. The summed E-state index contributed by atoms with van der Waals surface area (Å²) in [4.78, 5) is 4.86. The van der Waals surface area contributed by atoms with E-state index in [1.165, 1.54) is 44.8 Å². The maximum Gasteiger partial charge on any atom is 0.178 e. The molecule has 11 aromatic carbocycles. The Balaban J connectivity index is 0.952. The Morgan fingerprint density at radius 3 is 1.27 bits per heavy atom. The van der Waals surface area contributed by atoms with Gasteiger partial charge in [-0.2, -0.15) is 0 Å². The molecule has 0 radical (unpaired) electrons. The van der Waals surface area contributed by atoms with E-state index in [0.29, 0.717) is 11.8 Å². The lowest BCUT2D eigenvalue weighted by molar-refractivity contribution is 0.633. The summed E-state index contributed by atoms with van der Waals surface area (Å²) in [6.07, 6.45) is 0. The van der Waals surface area contributed by atoms with Crippen molar-refractivity contribution in [2.45, 2.75) is 46.5 Å². The summed E-state index contributed by atoms with van der Waals surface area (Å²) >= 11 is 0. The van der Waals surface area contributed by atoms with Crippen LogP contribution in [0.15, 0.2) is 233 Å². The number of para-hydroxylation sites is 4. The number of nitrogens with zero attached hydrogens (tertiary/aromatic N) is 2. The number of hydrogen-bond acceptors (Lipinski definition) is 4. The minimum Gasteiger partial charge on any atom is -0.452 e. The fourth-order valence-electron chi connectivity index (χ4n) is 11.3. The van der Waals surface area contributed by atoms with E-state index in [9.17, 15) is 0 Å². The van der Waals surface area contributed by atoms with Crippen molar-refractivity contribution in [3.05, 3.63) is 241 Å². The van der Waals surface area contributed by atoms with Gasteiger partial charge in [0.2, 0.25) is 0 Å². The number of fused-ring (bicyclic) bond motifs is 9. The van der Waals surface area contributed by atoms with E-state index in [-0.39, 0.29) is 0 Å². The van der Waals surface area contributed by atoms with Crippen LogP contribution in [0.1, 0.15) is 56.2 Å². The van der Waals surface area contributed by atoms with Crippen molar-refractivity contribution >= 4 is 99.5 Å². The number of benzene rings is 11. The van der Waals surface area contributed by atoms with Crippen LogP contribution in [-0.4, -0.2) is 0 Å². The Bertz CT molecular complexity index is 4240. The predicted octanol–water partition coefficient (Wildman–Crippen LogP) is 20.6. The first kappa shape index (κ1) is 44.1. The third kappa shape index (κ3) is 7.52. The van der Waals surface area contributed by atoms with Crippen LogP contribution in [0.2, 0.25) is 0 Å². The monoisotopic (exact) mass is 942 g/mol. The summed E-state index contributed by atoms with van der Waals surface area (Å²) in [5.74, 6) is 0.646. The van der Waals surface area contributed by atoms with E-state index in [4.69, 9.17) is 8.83 Å². The molecule has 2 aromatic heterocycles. The van der Waals surface area contributed by atoms with E-state index in [2.05, 4.69) is 269 Å². The van der Waals surface area contributed by atoms with Crippen molar-refractivity contribution in [1.82, 2.24) is 0 Å².